The van der Waals surface area contributed by atoms with Gasteiger partial charge in [-0.3, -0.25) is 9.69 Å². The Morgan fingerprint density at radius 2 is 1.97 bits per heavy atom. The molecule has 0 spiro atoms. The Bertz CT molecular complexity index is 1060. The molecule has 1 amide bonds. The van der Waals surface area contributed by atoms with Crippen LogP contribution in [0.2, 0.25) is 5.02 Å². The number of ketones is 1. The summed E-state index contributed by atoms with van der Waals surface area (Å²) in [4.78, 5) is 33.9. The highest BCUT2D eigenvalue weighted by Crippen LogP contribution is 2.41. The third kappa shape index (κ3) is 4.34. The number of Topliss-reactive ketones (excluding diaryl/α,β-unsaturated/α-hetero) is 1. The quantitative estimate of drug-likeness (QED) is 0.635. The van der Waals surface area contributed by atoms with Crippen LogP contribution in [-0.2, 0) is 4.79 Å². The molecule has 2 saturated heterocycles. The molecule has 34 heavy (non-hydrogen) atoms. The molecule has 3 heterocycles. The second-order valence-corrected chi connectivity index (χ2v) is 9.20. The first kappa shape index (κ1) is 24.3. The molecular formula is C24H27ClF2N4O3. The fraction of sp³-hybridized carbons (Fsp3) is 0.458. The zero-order valence-corrected chi connectivity index (χ0v) is 19.6. The number of amides is 1. The van der Waals surface area contributed by atoms with Gasteiger partial charge in [-0.15, -0.1) is 0 Å². The number of piperidine rings is 1. The first-order chi connectivity index (χ1) is 16.3. The molecule has 0 aliphatic carbocycles. The second kappa shape index (κ2) is 9.84. The van der Waals surface area contributed by atoms with Gasteiger partial charge in [-0.25, -0.2) is 18.6 Å². The Morgan fingerprint density at radius 3 is 2.56 bits per heavy atom. The van der Waals surface area contributed by atoms with E-state index >= 15 is 0 Å². The van der Waals surface area contributed by atoms with Crippen molar-refractivity contribution in [1.29, 1.82) is 0 Å². The Hall–Kier alpha value is -2.78. The monoisotopic (exact) mass is 492 g/mol. The van der Waals surface area contributed by atoms with Gasteiger partial charge in [0.1, 0.15) is 11.4 Å². The number of hydrogen-bond acceptors (Lipinski definition) is 5. The van der Waals surface area contributed by atoms with Crippen LogP contribution in [-0.4, -0.2) is 65.1 Å². The lowest BCUT2D eigenvalue weighted by atomic mass is 9.71. The van der Waals surface area contributed by atoms with Crippen LogP contribution in [0.15, 0.2) is 36.5 Å². The molecule has 2 N–H and O–H groups in total. The topological polar surface area (TPSA) is 85.8 Å². The summed E-state index contributed by atoms with van der Waals surface area (Å²) >= 11 is 5.93. The van der Waals surface area contributed by atoms with E-state index in [0.29, 0.717) is 36.5 Å². The van der Waals surface area contributed by atoms with E-state index in [0.717, 1.165) is 22.9 Å². The standard InChI is InChI=1S/C24H27ClF2N4O3/c1-2-31(23(33)34)24(14-28-13-18(24)16-3-5-19(26)20(27)11-16)22(32)15-7-9-30(10-8-15)21-6-4-17(25)12-29-21/h3-6,11-12,15,18,28H,2,7-10,13-14H2,1H3,(H,33,34)/t18-,24+/m0/s1. The summed E-state index contributed by atoms with van der Waals surface area (Å²) in [5, 5.41) is 13.7. The lowest BCUT2D eigenvalue weighted by molar-refractivity contribution is -0.135. The average Bonchev–Trinajstić information content (AvgIpc) is 3.27. The molecule has 2 aliphatic rings. The number of anilines is 1. The van der Waals surface area contributed by atoms with Crippen molar-refractivity contribution in [2.75, 3.05) is 37.6 Å². The van der Waals surface area contributed by atoms with Crippen LogP contribution in [0.5, 0.6) is 0 Å². The van der Waals surface area contributed by atoms with Crippen LogP contribution in [0.25, 0.3) is 0 Å². The number of halogens is 3. The summed E-state index contributed by atoms with van der Waals surface area (Å²) in [6, 6.07) is 7.11. The number of carbonyl (C=O) groups is 2. The van der Waals surface area contributed by atoms with Crippen LogP contribution in [0.3, 0.4) is 0 Å². The molecule has 1 aromatic carbocycles. The minimum Gasteiger partial charge on any atom is -0.465 e. The van der Waals surface area contributed by atoms with Crippen molar-refractivity contribution >= 4 is 29.3 Å². The van der Waals surface area contributed by atoms with Gasteiger partial charge in [-0.1, -0.05) is 17.7 Å². The summed E-state index contributed by atoms with van der Waals surface area (Å²) in [6.45, 7) is 3.35. The van der Waals surface area contributed by atoms with Crippen molar-refractivity contribution in [1.82, 2.24) is 15.2 Å². The number of aromatic nitrogens is 1. The fourth-order valence-electron chi connectivity index (χ4n) is 5.36. The molecule has 182 valence electrons. The normalized spacial score (nSPS) is 23.2. The number of benzene rings is 1. The van der Waals surface area contributed by atoms with Gasteiger partial charge in [0.2, 0.25) is 0 Å². The molecular weight excluding hydrogens is 466 g/mol. The van der Waals surface area contributed by atoms with E-state index in [1.54, 1.807) is 19.2 Å². The Labute approximate surface area is 201 Å². The molecule has 0 bridgehead atoms. The summed E-state index contributed by atoms with van der Waals surface area (Å²) < 4.78 is 27.7. The van der Waals surface area contributed by atoms with Crippen molar-refractivity contribution in [2.45, 2.75) is 31.2 Å². The number of carboxylic acid groups (broad SMARTS) is 1. The molecule has 0 radical (unpaired) electrons. The SMILES string of the molecule is CCN(C(=O)O)[C@]1(C(=O)C2CCN(c3ccc(Cl)cn3)CC2)CNC[C@H]1c1ccc(F)c(F)c1. The van der Waals surface area contributed by atoms with Gasteiger partial charge in [-0.2, -0.15) is 0 Å². The minimum absolute atomic E-state index is 0.0937. The lowest BCUT2D eigenvalue weighted by Crippen LogP contribution is -2.63. The molecule has 7 nitrogen and oxygen atoms in total. The Kier molecular flexibility index (Phi) is 7.04. The molecule has 2 aliphatic heterocycles. The van der Waals surface area contributed by atoms with Crippen molar-refractivity contribution in [3.63, 3.8) is 0 Å². The maximum absolute atomic E-state index is 14.1. The van der Waals surface area contributed by atoms with Crippen LogP contribution in [0.1, 0.15) is 31.2 Å². The number of nitrogens with zero attached hydrogens (tertiary/aromatic N) is 3. The van der Waals surface area contributed by atoms with Gasteiger partial charge in [0.05, 0.1) is 5.02 Å². The number of pyridine rings is 1. The summed E-state index contributed by atoms with van der Waals surface area (Å²) in [5.74, 6) is -2.42. The van der Waals surface area contributed by atoms with Crippen LogP contribution in [0.4, 0.5) is 19.4 Å². The van der Waals surface area contributed by atoms with Crippen molar-refractivity contribution in [2.24, 2.45) is 5.92 Å². The number of hydrogen-bond donors (Lipinski definition) is 2. The zero-order valence-electron chi connectivity index (χ0n) is 18.8. The number of rotatable bonds is 6. The van der Waals surface area contributed by atoms with E-state index in [1.165, 1.54) is 6.07 Å². The summed E-state index contributed by atoms with van der Waals surface area (Å²) in [5.41, 5.74) is -1.00. The fourth-order valence-corrected chi connectivity index (χ4v) is 5.48. The molecule has 2 aromatic rings. The number of likely N-dealkylation sites (N-methyl/N-ethyl adjacent to an activating group) is 1. The van der Waals surface area contributed by atoms with Gasteiger partial charge < -0.3 is 15.3 Å². The molecule has 2 fully saturated rings. The van der Waals surface area contributed by atoms with E-state index < -0.39 is 29.2 Å². The third-order valence-electron chi connectivity index (χ3n) is 7.02. The van der Waals surface area contributed by atoms with Gasteiger partial charge in [0, 0.05) is 50.8 Å². The smallest absolute Gasteiger partial charge is 0.408 e. The maximum atomic E-state index is 14.1. The first-order valence-corrected chi connectivity index (χ1v) is 11.7. The van der Waals surface area contributed by atoms with E-state index in [4.69, 9.17) is 11.6 Å². The molecule has 0 saturated carbocycles. The molecule has 1 aromatic heterocycles. The number of nitrogens with one attached hydrogen (secondary N) is 1. The van der Waals surface area contributed by atoms with Gasteiger partial charge >= 0.3 is 6.09 Å². The minimum atomic E-state index is -1.41. The summed E-state index contributed by atoms with van der Waals surface area (Å²) in [6.07, 6.45) is 1.43. The highest BCUT2D eigenvalue weighted by Gasteiger charge is 2.56. The van der Waals surface area contributed by atoms with Gasteiger partial charge in [-0.05, 0) is 49.6 Å². The van der Waals surface area contributed by atoms with Crippen LogP contribution >= 0.6 is 11.6 Å². The maximum Gasteiger partial charge on any atom is 0.408 e. The van der Waals surface area contributed by atoms with E-state index in [9.17, 15) is 23.5 Å². The molecule has 0 unspecified atom stereocenters. The second-order valence-electron chi connectivity index (χ2n) is 8.77. The average molecular weight is 493 g/mol. The van der Waals surface area contributed by atoms with Gasteiger partial charge in [0.15, 0.2) is 17.4 Å². The largest absolute Gasteiger partial charge is 0.465 e. The molecule has 4 rings (SSSR count). The Morgan fingerprint density at radius 1 is 1.24 bits per heavy atom. The van der Waals surface area contributed by atoms with Crippen molar-refractivity contribution in [3.05, 3.63) is 58.7 Å². The van der Waals surface area contributed by atoms with E-state index in [2.05, 4.69) is 15.2 Å². The van der Waals surface area contributed by atoms with Crippen molar-refractivity contribution < 1.29 is 23.5 Å². The first-order valence-electron chi connectivity index (χ1n) is 11.3. The predicted octanol–water partition coefficient (Wildman–Crippen LogP) is 3.92. The Balaban J connectivity index is 1.63. The zero-order chi connectivity index (χ0) is 24.5. The highest BCUT2D eigenvalue weighted by molar-refractivity contribution is 6.30. The van der Waals surface area contributed by atoms with Crippen LogP contribution in [0, 0.1) is 17.6 Å². The molecule has 2 atom stereocenters. The van der Waals surface area contributed by atoms with E-state index in [1.807, 2.05) is 6.07 Å². The summed E-state index contributed by atoms with van der Waals surface area (Å²) in [7, 11) is 0. The van der Waals surface area contributed by atoms with Gasteiger partial charge in [0.25, 0.3) is 0 Å². The van der Waals surface area contributed by atoms with E-state index in [-0.39, 0.29) is 31.3 Å². The number of carbonyl (C=O) groups excluding carboxylic acids is 1. The third-order valence-corrected chi connectivity index (χ3v) is 7.25. The van der Waals surface area contributed by atoms with Crippen molar-refractivity contribution in [3.8, 4) is 0 Å². The molecule has 10 heteroatoms. The highest BCUT2D eigenvalue weighted by atomic mass is 35.5. The van der Waals surface area contributed by atoms with Crippen LogP contribution < -0.4 is 10.2 Å². The predicted molar refractivity (Wildman–Crippen MR) is 124 cm³/mol. The lowest BCUT2D eigenvalue weighted by Gasteiger charge is -2.45.